The Balaban J connectivity index is 1.73. The van der Waals surface area contributed by atoms with Crippen molar-refractivity contribution in [2.24, 2.45) is 0 Å². The molecule has 1 N–H and O–H groups in total. The second-order valence-electron chi connectivity index (χ2n) is 7.28. The predicted molar refractivity (Wildman–Crippen MR) is 110 cm³/mol. The van der Waals surface area contributed by atoms with Gasteiger partial charge in [-0.05, 0) is 48.2 Å². The molecule has 0 unspecified atom stereocenters. The smallest absolute Gasteiger partial charge is 0.227 e. The maximum absolute atomic E-state index is 13.1. The highest BCUT2D eigenvalue weighted by Crippen LogP contribution is 2.31. The standard InChI is InChI=1S/C23H28N2O3/c1-17(26)24-20-11-7-18(8-12-20)16-23(27)25-15-5-3-4-6-22(25)19-9-13-21(28-2)14-10-19/h7-14,22H,3-6,15-16H2,1-2H3,(H,24,26)/t22-/m1/s1. The number of carbonyl (C=O) groups is 2. The third-order valence-electron chi connectivity index (χ3n) is 5.20. The minimum Gasteiger partial charge on any atom is -0.497 e. The lowest BCUT2D eigenvalue weighted by molar-refractivity contribution is -0.133. The summed E-state index contributed by atoms with van der Waals surface area (Å²) in [6.45, 7) is 2.27. The van der Waals surface area contributed by atoms with E-state index in [1.54, 1.807) is 7.11 Å². The Morgan fingerprint density at radius 1 is 1.04 bits per heavy atom. The number of likely N-dealkylation sites (tertiary alicyclic amines) is 1. The fourth-order valence-electron chi connectivity index (χ4n) is 3.76. The van der Waals surface area contributed by atoms with Gasteiger partial charge in [-0.2, -0.15) is 0 Å². The summed E-state index contributed by atoms with van der Waals surface area (Å²) in [6.07, 6.45) is 4.68. The molecule has 0 aliphatic carbocycles. The zero-order chi connectivity index (χ0) is 19.9. The summed E-state index contributed by atoms with van der Waals surface area (Å²) in [6, 6.07) is 15.7. The normalized spacial score (nSPS) is 16.9. The van der Waals surface area contributed by atoms with Crippen LogP contribution in [0.3, 0.4) is 0 Å². The second kappa shape index (κ2) is 9.40. The first-order chi connectivity index (χ1) is 13.6. The van der Waals surface area contributed by atoms with E-state index in [2.05, 4.69) is 17.4 Å². The number of benzene rings is 2. The van der Waals surface area contributed by atoms with Crippen LogP contribution in [-0.4, -0.2) is 30.4 Å². The van der Waals surface area contributed by atoms with Crippen molar-refractivity contribution in [1.82, 2.24) is 4.90 Å². The molecule has 2 aromatic rings. The molecule has 28 heavy (non-hydrogen) atoms. The number of hydrogen-bond acceptors (Lipinski definition) is 3. The monoisotopic (exact) mass is 380 g/mol. The Morgan fingerprint density at radius 2 is 1.75 bits per heavy atom. The van der Waals surface area contributed by atoms with Gasteiger partial charge in [0.25, 0.3) is 0 Å². The second-order valence-corrected chi connectivity index (χ2v) is 7.28. The van der Waals surface area contributed by atoms with Gasteiger partial charge in [0.2, 0.25) is 11.8 Å². The maximum atomic E-state index is 13.1. The summed E-state index contributed by atoms with van der Waals surface area (Å²) < 4.78 is 5.26. The van der Waals surface area contributed by atoms with Crippen molar-refractivity contribution >= 4 is 17.5 Å². The van der Waals surface area contributed by atoms with Crippen molar-refractivity contribution in [1.29, 1.82) is 0 Å². The Bertz CT molecular complexity index is 800. The molecule has 0 spiro atoms. The van der Waals surface area contributed by atoms with Crippen molar-refractivity contribution in [3.05, 3.63) is 59.7 Å². The average Bonchev–Trinajstić information content (AvgIpc) is 2.95. The molecule has 3 rings (SSSR count). The van der Waals surface area contributed by atoms with Crippen LogP contribution < -0.4 is 10.1 Å². The Hall–Kier alpha value is -2.82. The molecule has 0 aromatic heterocycles. The number of methoxy groups -OCH3 is 1. The van der Waals surface area contributed by atoms with Gasteiger partial charge in [0, 0.05) is 19.2 Å². The summed E-state index contributed by atoms with van der Waals surface area (Å²) in [5.41, 5.74) is 2.86. The molecule has 0 bridgehead atoms. The van der Waals surface area contributed by atoms with Crippen LogP contribution in [-0.2, 0) is 16.0 Å². The van der Waals surface area contributed by atoms with E-state index in [4.69, 9.17) is 4.74 Å². The van der Waals surface area contributed by atoms with Gasteiger partial charge < -0.3 is 15.0 Å². The summed E-state index contributed by atoms with van der Waals surface area (Å²) in [7, 11) is 1.66. The van der Waals surface area contributed by atoms with E-state index in [0.29, 0.717) is 6.42 Å². The van der Waals surface area contributed by atoms with E-state index < -0.39 is 0 Å². The van der Waals surface area contributed by atoms with Gasteiger partial charge in [-0.3, -0.25) is 9.59 Å². The van der Waals surface area contributed by atoms with E-state index in [9.17, 15) is 9.59 Å². The Morgan fingerprint density at radius 3 is 2.39 bits per heavy atom. The van der Waals surface area contributed by atoms with E-state index in [0.717, 1.165) is 54.8 Å². The van der Waals surface area contributed by atoms with Gasteiger partial charge in [0.1, 0.15) is 5.75 Å². The van der Waals surface area contributed by atoms with Gasteiger partial charge in [-0.15, -0.1) is 0 Å². The minimum absolute atomic E-state index is 0.101. The fourth-order valence-corrected chi connectivity index (χ4v) is 3.76. The van der Waals surface area contributed by atoms with Crippen LogP contribution in [0.2, 0.25) is 0 Å². The highest BCUT2D eigenvalue weighted by atomic mass is 16.5. The highest BCUT2D eigenvalue weighted by Gasteiger charge is 2.26. The number of ether oxygens (including phenoxy) is 1. The molecule has 1 aliphatic heterocycles. The van der Waals surface area contributed by atoms with Gasteiger partial charge in [-0.25, -0.2) is 0 Å². The largest absolute Gasteiger partial charge is 0.497 e. The Labute approximate surface area is 166 Å². The number of nitrogens with one attached hydrogen (secondary N) is 1. The molecule has 1 fully saturated rings. The molecule has 148 valence electrons. The number of amides is 2. The molecule has 2 aromatic carbocycles. The van der Waals surface area contributed by atoms with Gasteiger partial charge >= 0.3 is 0 Å². The van der Waals surface area contributed by atoms with Crippen molar-refractivity contribution in [2.45, 2.75) is 45.1 Å². The van der Waals surface area contributed by atoms with E-state index in [1.807, 2.05) is 41.3 Å². The number of nitrogens with zero attached hydrogens (tertiary/aromatic N) is 1. The lowest BCUT2D eigenvalue weighted by Gasteiger charge is -2.31. The molecule has 5 nitrogen and oxygen atoms in total. The van der Waals surface area contributed by atoms with E-state index in [-0.39, 0.29) is 17.9 Å². The summed E-state index contributed by atoms with van der Waals surface area (Å²) in [4.78, 5) is 26.3. The van der Waals surface area contributed by atoms with Crippen molar-refractivity contribution < 1.29 is 14.3 Å². The Kier molecular flexibility index (Phi) is 6.69. The molecule has 0 radical (unpaired) electrons. The lowest BCUT2D eigenvalue weighted by atomic mass is 10.00. The zero-order valence-electron chi connectivity index (χ0n) is 16.6. The first-order valence-electron chi connectivity index (χ1n) is 9.87. The molecule has 1 heterocycles. The number of hydrogen-bond donors (Lipinski definition) is 1. The van der Waals surface area contributed by atoms with Gasteiger partial charge in [-0.1, -0.05) is 37.1 Å². The van der Waals surface area contributed by atoms with Crippen molar-refractivity contribution in [3.8, 4) is 5.75 Å². The first kappa shape index (κ1) is 19.9. The third-order valence-corrected chi connectivity index (χ3v) is 5.20. The van der Waals surface area contributed by atoms with E-state index >= 15 is 0 Å². The van der Waals surface area contributed by atoms with Crippen LogP contribution in [0.1, 0.15) is 49.8 Å². The predicted octanol–water partition coefficient (Wildman–Crippen LogP) is 4.34. The number of carbonyl (C=O) groups excluding carboxylic acids is 2. The van der Waals surface area contributed by atoms with Crippen LogP contribution in [0.5, 0.6) is 5.75 Å². The molecule has 1 saturated heterocycles. The third kappa shape index (κ3) is 5.12. The van der Waals surface area contributed by atoms with Crippen LogP contribution in [0.4, 0.5) is 5.69 Å². The van der Waals surface area contributed by atoms with Crippen LogP contribution >= 0.6 is 0 Å². The first-order valence-corrected chi connectivity index (χ1v) is 9.87. The molecule has 1 aliphatic rings. The SMILES string of the molecule is COc1ccc([C@H]2CCCCCN2C(=O)Cc2ccc(NC(C)=O)cc2)cc1. The topological polar surface area (TPSA) is 58.6 Å². The van der Waals surface area contributed by atoms with Crippen LogP contribution in [0.25, 0.3) is 0 Å². The molecule has 2 amide bonds. The molecular weight excluding hydrogens is 352 g/mol. The average molecular weight is 380 g/mol. The molecular formula is C23H28N2O3. The minimum atomic E-state index is -0.101. The van der Waals surface area contributed by atoms with Gasteiger partial charge in [0.05, 0.1) is 19.6 Å². The number of anilines is 1. The maximum Gasteiger partial charge on any atom is 0.227 e. The van der Waals surface area contributed by atoms with Crippen molar-refractivity contribution in [3.63, 3.8) is 0 Å². The quantitative estimate of drug-likeness (QED) is 0.839. The summed E-state index contributed by atoms with van der Waals surface area (Å²) in [5, 5.41) is 2.75. The molecule has 5 heteroatoms. The summed E-state index contributed by atoms with van der Waals surface area (Å²) >= 11 is 0. The zero-order valence-corrected chi connectivity index (χ0v) is 16.6. The van der Waals surface area contributed by atoms with Crippen LogP contribution in [0, 0.1) is 0 Å². The summed E-state index contributed by atoms with van der Waals surface area (Å²) in [5.74, 6) is 0.875. The van der Waals surface area contributed by atoms with Crippen LogP contribution in [0.15, 0.2) is 48.5 Å². The van der Waals surface area contributed by atoms with E-state index in [1.165, 1.54) is 6.92 Å². The van der Waals surface area contributed by atoms with Crippen molar-refractivity contribution in [2.75, 3.05) is 19.0 Å². The fraction of sp³-hybridized carbons (Fsp3) is 0.391. The number of rotatable bonds is 5. The lowest BCUT2D eigenvalue weighted by Crippen LogP contribution is -2.35. The highest BCUT2D eigenvalue weighted by molar-refractivity contribution is 5.88. The molecule has 1 atom stereocenters. The van der Waals surface area contributed by atoms with Gasteiger partial charge in [0.15, 0.2) is 0 Å². The molecule has 0 saturated carbocycles.